The minimum Gasteiger partial charge on any atom is -0.468 e. The fraction of sp³-hybridized carbons (Fsp3) is 0.217. The van der Waals surface area contributed by atoms with Crippen molar-refractivity contribution in [2.24, 2.45) is 5.73 Å². The molecule has 5 N–H and O–H groups in total. The predicted octanol–water partition coefficient (Wildman–Crippen LogP) is 0.207. The average Bonchev–Trinajstić information content (AvgIpc) is 3.42. The van der Waals surface area contributed by atoms with Crippen molar-refractivity contribution in [2.45, 2.75) is 13.0 Å². The highest BCUT2D eigenvalue weighted by atomic mass is 16.5. The summed E-state index contributed by atoms with van der Waals surface area (Å²) >= 11 is 0. The monoisotopic (exact) mass is 473 g/mol. The van der Waals surface area contributed by atoms with E-state index in [1.54, 1.807) is 41.0 Å². The van der Waals surface area contributed by atoms with E-state index in [1.807, 2.05) is 13.1 Å². The second kappa shape index (κ2) is 8.89. The summed E-state index contributed by atoms with van der Waals surface area (Å²) in [7, 11) is 1.93. The summed E-state index contributed by atoms with van der Waals surface area (Å²) in [5, 5.41) is 22.3. The summed E-state index contributed by atoms with van der Waals surface area (Å²) in [6, 6.07) is 12.4. The zero-order chi connectivity index (χ0) is 24.7. The molecule has 178 valence electrons. The van der Waals surface area contributed by atoms with Crippen molar-refractivity contribution in [3.05, 3.63) is 59.3 Å². The van der Waals surface area contributed by atoms with Crippen LogP contribution in [-0.4, -0.2) is 63.3 Å². The van der Waals surface area contributed by atoms with Gasteiger partial charge in [-0.15, -0.1) is 0 Å². The van der Waals surface area contributed by atoms with Crippen molar-refractivity contribution in [1.29, 1.82) is 0 Å². The smallest absolute Gasteiger partial charge is 0.468 e. The minimum atomic E-state index is -1.54. The number of hydrogen-bond acceptors (Lipinski definition) is 9. The first-order valence-electron chi connectivity index (χ1n) is 11.0. The number of anilines is 2. The Bertz CT molecular complexity index is 1440. The molecule has 1 aliphatic rings. The molecule has 0 saturated heterocycles. The number of methoxy groups -OCH3 is 1. The third-order valence-electron chi connectivity index (χ3n) is 6.02. The summed E-state index contributed by atoms with van der Waals surface area (Å²) < 4.78 is 7.17. The summed E-state index contributed by atoms with van der Waals surface area (Å²) in [6.45, 7) is 1.20. The Morgan fingerprint density at radius 3 is 2.74 bits per heavy atom. The van der Waals surface area contributed by atoms with Crippen LogP contribution in [0.25, 0.3) is 17.0 Å². The number of nitrogens with two attached hydrogens (primary N) is 1. The van der Waals surface area contributed by atoms with Gasteiger partial charge in [-0.2, -0.15) is 9.97 Å². The molecule has 4 aromatic rings. The van der Waals surface area contributed by atoms with Crippen LogP contribution < -0.4 is 26.2 Å². The van der Waals surface area contributed by atoms with Gasteiger partial charge in [0.25, 0.3) is 5.91 Å². The quantitative estimate of drug-likeness (QED) is 0.276. The number of hydrogen-bond donors (Lipinski definition) is 4. The molecule has 0 spiro atoms. The highest BCUT2D eigenvalue weighted by Gasteiger charge is 2.26. The second-order valence-corrected chi connectivity index (χ2v) is 8.28. The van der Waals surface area contributed by atoms with Gasteiger partial charge in [0.2, 0.25) is 5.95 Å². The van der Waals surface area contributed by atoms with Gasteiger partial charge in [-0.05, 0) is 23.2 Å². The molecule has 12 heteroatoms. The largest absolute Gasteiger partial charge is 0.488 e. The molecule has 0 radical (unpaired) electrons. The van der Waals surface area contributed by atoms with Crippen LogP contribution in [0.1, 0.15) is 21.6 Å². The van der Waals surface area contributed by atoms with Gasteiger partial charge in [-0.1, -0.05) is 30.3 Å². The number of benzene rings is 2. The van der Waals surface area contributed by atoms with Crippen LogP contribution in [0.3, 0.4) is 0 Å². The number of primary amides is 1. The van der Waals surface area contributed by atoms with E-state index < -0.39 is 13.0 Å². The SMILES string of the molecule is COc1nc2c(C(N)=O)cccc2n1-c1nc2c(c(NCc3cccc(B(O)O)c3)n1)N(C)CC2. The molecule has 1 aliphatic heterocycles. The number of carbonyl (C=O) groups excluding carboxylic acids is 1. The first-order chi connectivity index (χ1) is 16.9. The van der Waals surface area contributed by atoms with Crippen LogP contribution >= 0.6 is 0 Å². The fourth-order valence-electron chi connectivity index (χ4n) is 4.33. The molecule has 0 aliphatic carbocycles. The molecule has 0 saturated carbocycles. The van der Waals surface area contributed by atoms with Gasteiger partial charge in [0.1, 0.15) is 11.2 Å². The van der Waals surface area contributed by atoms with Crippen LogP contribution in [0, 0.1) is 0 Å². The number of carbonyl (C=O) groups is 1. The Kier molecular flexibility index (Phi) is 5.75. The van der Waals surface area contributed by atoms with Crippen LogP contribution in [0.4, 0.5) is 11.5 Å². The Balaban J connectivity index is 1.60. The number of nitrogens with one attached hydrogen (secondary N) is 1. The average molecular weight is 473 g/mol. The molecule has 3 heterocycles. The van der Waals surface area contributed by atoms with E-state index in [-0.39, 0.29) is 11.6 Å². The number of rotatable bonds is 7. The lowest BCUT2D eigenvalue weighted by molar-refractivity contribution is 0.100. The molecule has 35 heavy (non-hydrogen) atoms. The number of nitrogens with zero attached hydrogens (tertiary/aromatic N) is 5. The molecular weight excluding hydrogens is 449 g/mol. The van der Waals surface area contributed by atoms with Crippen molar-refractivity contribution in [3.8, 4) is 12.0 Å². The van der Waals surface area contributed by atoms with E-state index in [4.69, 9.17) is 20.4 Å². The van der Waals surface area contributed by atoms with E-state index in [2.05, 4.69) is 15.2 Å². The lowest BCUT2D eigenvalue weighted by Crippen LogP contribution is -2.30. The maximum Gasteiger partial charge on any atom is 0.488 e. The Morgan fingerprint density at radius 2 is 2.00 bits per heavy atom. The first-order valence-corrected chi connectivity index (χ1v) is 11.0. The molecule has 0 fully saturated rings. The maximum atomic E-state index is 11.9. The molecular formula is C23H24BN7O4. The number of imidazole rings is 1. The van der Waals surface area contributed by atoms with Crippen molar-refractivity contribution in [2.75, 3.05) is 30.9 Å². The normalized spacial score (nSPS) is 12.6. The highest BCUT2D eigenvalue weighted by molar-refractivity contribution is 6.58. The third kappa shape index (κ3) is 4.02. The summed E-state index contributed by atoms with van der Waals surface area (Å²) in [6.07, 6.45) is 0.740. The van der Waals surface area contributed by atoms with Gasteiger partial charge in [0.15, 0.2) is 5.82 Å². The molecule has 0 atom stereocenters. The van der Waals surface area contributed by atoms with Gasteiger partial charge in [-0.3, -0.25) is 4.79 Å². The number of amides is 1. The first kappa shape index (κ1) is 22.6. The zero-order valence-corrected chi connectivity index (χ0v) is 19.3. The van der Waals surface area contributed by atoms with E-state index in [1.165, 1.54) is 7.11 Å². The Hall–Kier alpha value is -4.16. The van der Waals surface area contributed by atoms with Gasteiger partial charge in [-0.25, -0.2) is 9.55 Å². The maximum absolute atomic E-state index is 11.9. The number of likely N-dealkylation sites (N-methyl/N-ethyl adjacent to an activating group) is 1. The van der Waals surface area contributed by atoms with Gasteiger partial charge >= 0.3 is 13.1 Å². The molecule has 0 unspecified atom stereocenters. The minimum absolute atomic E-state index is 0.232. The van der Waals surface area contributed by atoms with Crippen LogP contribution in [0.5, 0.6) is 6.01 Å². The molecule has 11 nitrogen and oxygen atoms in total. The van der Waals surface area contributed by atoms with Crippen LogP contribution in [0.2, 0.25) is 0 Å². The number of ether oxygens (including phenoxy) is 1. The van der Waals surface area contributed by atoms with E-state index in [0.29, 0.717) is 34.8 Å². The lowest BCUT2D eigenvalue weighted by atomic mass is 9.80. The van der Waals surface area contributed by atoms with Gasteiger partial charge in [0, 0.05) is 26.6 Å². The molecule has 0 bridgehead atoms. The number of fused-ring (bicyclic) bond motifs is 2. The second-order valence-electron chi connectivity index (χ2n) is 8.28. The summed E-state index contributed by atoms with van der Waals surface area (Å²) in [5.41, 5.74) is 9.88. The van der Waals surface area contributed by atoms with E-state index >= 15 is 0 Å². The molecule has 2 aromatic carbocycles. The van der Waals surface area contributed by atoms with Gasteiger partial charge < -0.3 is 30.7 Å². The van der Waals surface area contributed by atoms with Gasteiger partial charge in [0.05, 0.1) is 23.9 Å². The van der Waals surface area contributed by atoms with Crippen molar-refractivity contribution in [1.82, 2.24) is 19.5 Å². The Labute approximate surface area is 201 Å². The van der Waals surface area contributed by atoms with Crippen molar-refractivity contribution < 1.29 is 19.6 Å². The van der Waals surface area contributed by atoms with E-state index in [9.17, 15) is 14.8 Å². The number of aromatic nitrogens is 4. The molecule has 1 amide bonds. The Morgan fingerprint density at radius 1 is 1.20 bits per heavy atom. The predicted molar refractivity (Wildman–Crippen MR) is 132 cm³/mol. The van der Waals surface area contributed by atoms with E-state index in [0.717, 1.165) is 29.9 Å². The fourth-order valence-corrected chi connectivity index (χ4v) is 4.33. The molecule has 2 aromatic heterocycles. The third-order valence-corrected chi connectivity index (χ3v) is 6.02. The standard InChI is InChI=1S/C23H24BN7O4/c1-30-10-9-16-19(30)21(26-12-13-5-3-6-14(11-13)24(33)34)29-22(27-16)31-17-8-4-7-15(20(25)32)18(17)28-23(31)35-2/h3-8,11,33-34H,9-10,12H2,1-2H3,(H2,25,32)(H,26,27,29). The topological polar surface area (TPSA) is 152 Å². The van der Waals surface area contributed by atoms with Crippen molar-refractivity contribution >= 4 is 41.0 Å². The zero-order valence-electron chi connectivity index (χ0n) is 19.3. The number of para-hydroxylation sites is 1. The lowest BCUT2D eigenvalue weighted by Gasteiger charge is -2.18. The summed E-state index contributed by atoms with van der Waals surface area (Å²) in [5.74, 6) is 0.383. The van der Waals surface area contributed by atoms with Crippen LogP contribution in [-0.2, 0) is 13.0 Å². The highest BCUT2D eigenvalue weighted by Crippen LogP contribution is 2.35. The molecule has 5 rings (SSSR count). The van der Waals surface area contributed by atoms with Crippen molar-refractivity contribution in [3.63, 3.8) is 0 Å². The van der Waals surface area contributed by atoms with Crippen LogP contribution in [0.15, 0.2) is 42.5 Å². The summed E-state index contributed by atoms with van der Waals surface area (Å²) in [4.78, 5) is 28.1.